The van der Waals surface area contributed by atoms with Crippen LogP contribution in [-0.2, 0) is 0 Å². The molecule has 4 heteroatoms. The zero-order valence-corrected chi connectivity index (χ0v) is 13.3. The van der Waals surface area contributed by atoms with Crippen LogP contribution in [-0.4, -0.2) is 69.3 Å². The van der Waals surface area contributed by atoms with Crippen molar-refractivity contribution >= 4 is 5.69 Å². The summed E-state index contributed by atoms with van der Waals surface area (Å²) >= 11 is 0. The lowest BCUT2D eigenvalue weighted by molar-refractivity contribution is 0.0981. The number of ether oxygens (including phenoxy) is 1. The van der Waals surface area contributed by atoms with Crippen molar-refractivity contribution in [1.82, 2.24) is 9.80 Å². The fourth-order valence-corrected chi connectivity index (χ4v) is 3.55. The smallest absolute Gasteiger partial charge is 0.142 e. The van der Waals surface area contributed by atoms with Crippen molar-refractivity contribution in [2.45, 2.75) is 18.9 Å². The van der Waals surface area contributed by atoms with Crippen molar-refractivity contribution in [2.24, 2.45) is 0 Å². The summed E-state index contributed by atoms with van der Waals surface area (Å²) in [6, 6.07) is 9.14. The van der Waals surface area contributed by atoms with E-state index in [-0.39, 0.29) is 0 Å². The number of para-hydroxylation sites is 2. The van der Waals surface area contributed by atoms with Gasteiger partial charge in [-0.3, -0.25) is 4.90 Å². The molecule has 2 aliphatic heterocycles. The van der Waals surface area contributed by atoms with Crippen molar-refractivity contribution < 1.29 is 4.74 Å². The number of piperidine rings is 1. The van der Waals surface area contributed by atoms with Gasteiger partial charge in [0.15, 0.2) is 0 Å². The van der Waals surface area contributed by atoms with Gasteiger partial charge in [-0.25, -0.2) is 0 Å². The number of methoxy groups -OCH3 is 1. The minimum atomic E-state index is 0.768. The number of piperazine rings is 1. The molecule has 0 bridgehead atoms. The molecule has 0 saturated carbocycles. The molecule has 0 radical (unpaired) electrons. The summed E-state index contributed by atoms with van der Waals surface area (Å²) in [6.07, 6.45) is 2.53. The van der Waals surface area contributed by atoms with Crippen LogP contribution in [0.15, 0.2) is 24.3 Å². The maximum Gasteiger partial charge on any atom is 0.142 e. The third kappa shape index (κ3) is 3.33. The Bertz CT molecular complexity index is 449. The van der Waals surface area contributed by atoms with Gasteiger partial charge in [-0.1, -0.05) is 12.1 Å². The molecule has 2 saturated heterocycles. The van der Waals surface area contributed by atoms with Gasteiger partial charge in [-0.2, -0.15) is 0 Å². The predicted molar refractivity (Wildman–Crippen MR) is 87.3 cm³/mol. The van der Waals surface area contributed by atoms with Crippen LogP contribution in [0.1, 0.15) is 12.8 Å². The maximum atomic E-state index is 5.50. The minimum Gasteiger partial charge on any atom is -0.495 e. The highest BCUT2D eigenvalue weighted by atomic mass is 16.5. The highest BCUT2D eigenvalue weighted by Crippen LogP contribution is 2.30. The number of nitrogens with zero attached hydrogens (tertiary/aromatic N) is 3. The lowest BCUT2D eigenvalue weighted by Crippen LogP contribution is -2.52. The van der Waals surface area contributed by atoms with Gasteiger partial charge >= 0.3 is 0 Å². The lowest BCUT2D eigenvalue weighted by atomic mass is 10.0. The first-order valence-electron chi connectivity index (χ1n) is 8.08. The number of hydrogen-bond acceptors (Lipinski definition) is 4. The van der Waals surface area contributed by atoms with Crippen molar-refractivity contribution in [3.05, 3.63) is 24.3 Å². The average Bonchev–Trinajstić information content (AvgIpc) is 2.56. The van der Waals surface area contributed by atoms with Gasteiger partial charge in [0, 0.05) is 45.3 Å². The highest BCUT2D eigenvalue weighted by Gasteiger charge is 2.27. The van der Waals surface area contributed by atoms with Crippen molar-refractivity contribution in [3.63, 3.8) is 0 Å². The van der Waals surface area contributed by atoms with Crippen LogP contribution in [0.3, 0.4) is 0 Å². The molecule has 2 fully saturated rings. The van der Waals surface area contributed by atoms with E-state index in [1.54, 1.807) is 7.11 Å². The number of likely N-dealkylation sites (N-methyl/N-ethyl adjacent to an activating group) is 1. The van der Waals surface area contributed by atoms with Crippen LogP contribution in [0.4, 0.5) is 5.69 Å². The van der Waals surface area contributed by atoms with Gasteiger partial charge in [0.25, 0.3) is 0 Å². The molecule has 0 aliphatic carbocycles. The monoisotopic (exact) mass is 289 g/mol. The third-order valence-corrected chi connectivity index (χ3v) is 4.94. The van der Waals surface area contributed by atoms with E-state index in [2.05, 4.69) is 39.9 Å². The van der Waals surface area contributed by atoms with Gasteiger partial charge in [0.05, 0.1) is 12.8 Å². The van der Waals surface area contributed by atoms with Crippen LogP contribution in [0, 0.1) is 0 Å². The average molecular weight is 289 g/mol. The molecule has 0 aromatic heterocycles. The van der Waals surface area contributed by atoms with Crippen molar-refractivity contribution in [2.75, 3.05) is 58.3 Å². The van der Waals surface area contributed by atoms with E-state index < -0.39 is 0 Å². The predicted octanol–water partition coefficient (Wildman–Crippen LogP) is 1.91. The minimum absolute atomic E-state index is 0.768. The lowest BCUT2D eigenvalue weighted by Gasteiger charge is -2.42. The van der Waals surface area contributed by atoms with E-state index in [0.29, 0.717) is 0 Å². The third-order valence-electron chi connectivity index (χ3n) is 4.94. The van der Waals surface area contributed by atoms with E-state index in [0.717, 1.165) is 24.9 Å². The molecule has 116 valence electrons. The zero-order chi connectivity index (χ0) is 14.7. The molecule has 1 aromatic rings. The standard InChI is InChI=1S/C17H27N3O/c1-18-11-13-19(14-12-18)15-7-9-20(10-8-15)16-5-3-4-6-17(16)21-2/h3-6,15H,7-14H2,1-2H3. The summed E-state index contributed by atoms with van der Waals surface area (Å²) in [5, 5.41) is 0. The Morgan fingerprint density at radius 3 is 2.29 bits per heavy atom. The Morgan fingerprint density at radius 2 is 1.62 bits per heavy atom. The number of rotatable bonds is 3. The van der Waals surface area contributed by atoms with E-state index >= 15 is 0 Å². The van der Waals surface area contributed by atoms with Gasteiger partial charge in [0.2, 0.25) is 0 Å². The Labute approximate surface area is 128 Å². The van der Waals surface area contributed by atoms with Crippen LogP contribution >= 0.6 is 0 Å². The Hall–Kier alpha value is -1.26. The van der Waals surface area contributed by atoms with Crippen LogP contribution in [0.25, 0.3) is 0 Å². The summed E-state index contributed by atoms with van der Waals surface area (Å²) in [4.78, 5) is 7.60. The number of benzene rings is 1. The summed E-state index contributed by atoms with van der Waals surface area (Å²) in [5.74, 6) is 0.996. The molecule has 2 aliphatic rings. The van der Waals surface area contributed by atoms with Crippen molar-refractivity contribution in [1.29, 1.82) is 0 Å². The van der Waals surface area contributed by atoms with Crippen LogP contribution in [0.5, 0.6) is 5.75 Å². The normalized spacial score (nSPS) is 22.5. The largest absolute Gasteiger partial charge is 0.495 e. The second kappa shape index (κ2) is 6.67. The molecule has 0 amide bonds. The summed E-state index contributed by atoms with van der Waals surface area (Å²) < 4.78 is 5.50. The molecule has 3 rings (SSSR count). The molecule has 0 N–H and O–H groups in total. The van der Waals surface area contributed by atoms with E-state index in [1.165, 1.54) is 44.7 Å². The van der Waals surface area contributed by atoms with E-state index in [4.69, 9.17) is 4.74 Å². The summed E-state index contributed by atoms with van der Waals surface area (Å²) in [6.45, 7) is 7.17. The summed E-state index contributed by atoms with van der Waals surface area (Å²) in [5.41, 5.74) is 1.25. The molecular weight excluding hydrogens is 262 g/mol. The molecule has 0 atom stereocenters. The Morgan fingerprint density at radius 1 is 0.952 bits per heavy atom. The first-order chi connectivity index (χ1) is 10.3. The first kappa shape index (κ1) is 14.7. The Balaban J connectivity index is 1.57. The fourth-order valence-electron chi connectivity index (χ4n) is 3.55. The molecule has 21 heavy (non-hydrogen) atoms. The molecule has 0 spiro atoms. The van der Waals surface area contributed by atoms with Crippen LogP contribution < -0.4 is 9.64 Å². The number of anilines is 1. The molecule has 4 nitrogen and oxygen atoms in total. The maximum absolute atomic E-state index is 5.50. The molecular formula is C17H27N3O. The molecule has 2 heterocycles. The van der Waals surface area contributed by atoms with E-state index in [9.17, 15) is 0 Å². The fraction of sp³-hybridized carbons (Fsp3) is 0.647. The molecule has 0 unspecified atom stereocenters. The van der Waals surface area contributed by atoms with Crippen molar-refractivity contribution in [3.8, 4) is 5.75 Å². The van der Waals surface area contributed by atoms with E-state index in [1.807, 2.05) is 6.07 Å². The first-order valence-corrected chi connectivity index (χ1v) is 8.08. The highest BCUT2D eigenvalue weighted by molar-refractivity contribution is 5.58. The Kier molecular flexibility index (Phi) is 4.66. The second-order valence-corrected chi connectivity index (χ2v) is 6.23. The SMILES string of the molecule is COc1ccccc1N1CCC(N2CCN(C)CC2)CC1. The van der Waals surface area contributed by atoms with Gasteiger partial charge < -0.3 is 14.5 Å². The number of hydrogen-bond donors (Lipinski definition) is 0. The molecule has 1 aromatic carbocycles. The zero-order valence-electron chi connectivity index (χ0n) is 13.3. The van der Waals surface area contributed by atoms with Crippen LogP contribution in [0.2, 0.25) is 0 Å². The second-order valence-electron chi connectivity index (χ2n) is 6.23. The summed E-state index contributed by atoms with van der Waals surface area (Å²) in [7, 11) is 3.98. The topological polar surface area (TPSA) is 19.0 Å². The van der Waals surface area contributed by atoms with Gasteiger partial charge in [-0.15, -0.1) is 0 Å². The quantitative estimate of drug-likeness (QED) is 0.846. The van der Waals surface area contributed by atoms with Gasteiger partial charge in [-0.05, 0) is 32.0 Å². The van der Waals surface area contributed by atoms with Gasteiger partial charge in [0.1, 0.15) is 5.75 Å².